The number of amides is 4. The van der Waals surface area contributed by atoms with Crippen molar-refractivity contribution in [1.82, 2.24) is 19.0 Å². The van der Waals surface area contributed by atoms with E-state index in [0.29, 0.717) is 35.7 Å². The Balaban J connectivity index is 1.65. The van der Waals surface area contributed by atoms with Gasteiger partial charge in [-0.05, 0) is 45.4 Å². The summed E-state index contributed by atoms with van der Waals surface area (Å²) in [7, 11) is 5.02. The lowest BCUT2D eigenvalue weighted by Crippen LogP contribution is -2.27. The molecule has 210 valence electrons. The number of hydrogen-bond acceptors (Lipinski definition) is 6. The maximum absolute atomic E-state index is 12.9. The lowest BCUT2D eigenvalue weighted by Gasteiger charge is -2.19. The molecule has 0 saturated heterocycles. The Bertz CT molecular complexity index is 1380. The highest BCUT2D eigenvalue weighted by Gasteiger charge is 2.20. The Hall–Kier alpha value is -4.52. The van der Waals surface area contributed by atoms with Crippen molar-refractivity contribution in [3.8, 4) is 0 Å². The fourth-order valence-electron chi connectivity index (χ4n) is 3.76. The van der Waals surface area contributed by atoms with Crippen molar-refractivity contribution in [2.45, 2.75) is 32.8 Å². The Morgan fingerprint density at radius 2 is 1.15 bits per heavy atom. The number of anilines is 3. The van der Waals surface area contributed by atoms with Gasteiger partial charge in [-0.25, -0.2) is 4.79 Å². The fourth-order valence-corrected chi connectivity index (χ4v) is 3.76. The van der Waals surface area contributed by atoms with E-state index >= 15 is 0 Å². The van der Waals surface area contributed by atoms with Crippen molar-refractivity contribution in [2.75, 3.05) is 29.1 Å². The van der Waals surface area contributed by atoms with Crippen LogP contribution < -0.4 is 21.3 Å². The summed E-state index contributed by atoms with van der Waals surface area (Å²) in [6.45, 7) is 5.57. The first-order valence-electron chi connectivity index (χ1n) is 12.3. The number of carbonyl (C=O) groups is 4. The van der Waals surface area contributed by atoms with Crippen LogP contribution in [0, 0.1) is 0 Å². The van der Waals surface area contributed by atoms with Crippen molar-refractivity contribution in [1.29, 1.82) is 0 Å². The molecule has 0 saturated carbocycles. The van der Waals surface area contributed by atoms with Crippen molar-refractivity contribution in [2.24, 2.45) is 21.1 Å². The van der Waals surface area contributed by atoms with Crippen LogP contribution in [0.4, 0.5) is 21.9 Å². The maximum atomic E-state index is 12.9. The summed E-state index contributed by atoms with van der Waals surface area (Å²) in [6, 6.07) is 4.60. The number of ether oxygens (including phenoxy) is 1. The molecule has 0 aliphatic rings. The van der Waals surface area contributed by atoms with Gasteiger partial charge in [0, 0.05) is 52.9 Å². The second-order valence-electron chi connectivity index (χ2n) is 10.0. The molecule has 0 aromatic carbocycles. The molecule has 3 aromatic rings. The standard InChI is InChI=1S/C26H35N7O6/c1-26(2,3)39-25(38)30-18-12-21(33(6)15-18)24(37)29-17-11-20(32(5)14-17)23(36)28-16-10-19(31(4)13-16)22(35)27-8-7-9-34/h10-15,34H,7-9H2,1-6H3,(H,27,35)(H,28,36)(H,29,37)(H,30,38). The van der Waals surface area contributed by atoms with Crippen LogP contribution >= 0.6 is 0 Å². The first-order valence-corrected chi connectivity index (χ1v) is 12.3. The largest absolute Gasteiger partial charge is 0.444 e. The lowest BCUT2D eigenvalue weighted by molar-refractivity contribution is 0.0635. The summed E-state index contributed by atoms with van der Waals surface area (Å²) in [5.41, 5.74) is 1.48. The second kappa shape index (κ2) is 11.9. The SMILES string of the molecule is Cn1cc(NC(=O)c2cc(NC(=O)c3cc(NC(=O)OC(C)(C)C)cn3C)cn2C)cc1C(=O)NCCCO. The fraction of sp³-hybridized carbons (Fsp3) is 0.385. The zero-order valence-electron chi connectivity index (χ0n) is 22.9. The molecule has 4 amide bonds. The van der Waals surface area contributed by atoms with Gasteiger partial charge in [-0.3, -0.25) is 19.7 Å². The minimum atomic E-state index is -0.658. The molecule has 0 spiro atoms. The minimum Gasteiger partial charge on any atom is -0.444 e. The predicted molar refractivity (Wildman–Crippen MR) is 146 cm³/mol. The van der Waals surface area contributed by atoms with Gasteiger partial charge in [-0.2, -0.15) is 0 Å². The van der Waals surface area contributed by atoms with Gasteiger partial charge in [0.2, 0.25) is 0 Å². The summed E-state index contributed by atoms with van der Waals surface area (Å²) in [5.74, 6) is -1.19. The zero-order chi connectivity index (χ0) is 28.9. The van der Waals surface area contributed by atoms with E-state index in [9.17, 15) is 19.2 Å². The Morgan fingerprint density at radius 3 is 1.56 bits per heavy atom. The van der Waals surface area contributed by atoms with Gasteiger partial charge >= 0.3 is 6.09 Å². The van der Waals surface area contributed by atoms with E-state index in [1.165, 1.54) is 12.1 Å². The molecule has 5 N–H and O–H groups in total. The van der Waals surface area contributed by atoms with E-state index < -0.39 is 23.5 Å². The molecule has 13 nitrogen and oxygen atoms in total. The van der Waals surface area contributed by atoms with Gasteiger partial charge in [0.25, 0.3) is 17.7 Å². The number of hydrogen-bond donors (Lipinski definition) is 5. The number of aliphatic hydroxyl groups excluding tert-OH is 1. The number of rotatable bonds is 9. The predicted octanol–water partition coefficient (Wildman–Crippen LogP) is 2.67. The average molecular weight is 542 g/mol. The third-order valence-electron chi connectivity index (χ3n) is 5.49. The molecule has 0 bridgehead atoms. The summed E-state index contributed by atoms with van der Waals surface area (Å²) in [5, 5.41) is 19.7. The molecule has 0 aliphatic heterocycles. The lowest BCUT2D eigenvalue weighted by atomic mass is 10.2. The quantitative estimate of drug-likeness (QED) is 0.262. The third kappa shape index (κ3) is 7.74. The van der Waals surface area contributed by atoms with Gasteiger partial charge < -0.3 is 39.5 Å². The van der Waals surface area contributed by atoms with Crippen LogP contribution in [-0.4, -0.2) is 61.4 Å². The average Bonchev–Trinajstić information content (AvgIpc) is 3.48. The number of nitrogens with one attached hydrogen (secondary N) is 4. The molecule has 39 heavy (non-hydrogen) atoms. The molecular formula is C26H35N7O6. The van der Waals surface area contributed by atoms with Crippen LogP contribution in [0.1, 0.15) is 58.7 Å². The summed E-state index contributed by atoms with van der Waals surface area (Å²) >= 11 is 0. The Morgan fingerprint density at radius 1 is 0.744 bits per heavy atom. The highest BCUT2D eigenvalue weighted by Crippen LogP contribution is 2.20. The molecule has 0 fully saturated rings. The monoisotopic (exact) mass is 541 g/mol. The minimum absolute atomic E-state index is 0.0225. The topological polar surface area (TPSA) is 161 Å². The molecule has 3 aromatic heterocycles. The molecule has 0 radical (unpaired) electrons. The van der Waals surface area contributed by atoms with Gasteiger partial charge in [0.05, 0.1) is 17.1 Å². The van der Waals surface area contributed by atoms with Crippen molar-refractivity contribution < 1.29 is 29.0 Å². The molecule has 3 heterocycles. The van der Waals surface area contributed by atoms with Crippen LogP contribution in [0.2, 0.25) is 0 Å². The highest BCUT2D eigenvalue weighted by atomic mass is 16.6. The van der Waals surface area contributed by atoms with E-state index in [1.54, 1.807) is 80.3 Å². The van der Waals surface area contributed by atoms with E-state index in [1.807, 2.05) is 0 Å². The van der Waals surface area contributed by atoms with Gasteiger partial charge in [-0.1, -0.05) is 0 Å². The van der Waals surface area contributed by atoms with Gasteiger partial charge in [-0.15, -0.1) is 0 Å². The Kier molecular flexibility index (Phi) is 8.86. The normalized spacial score (nSPS) is 11.2. The maximum Gasteiger partial charge on any atom is 0.412 e. The van der Waals surface area contributed by atoms with E-state index in [0.717, 1.165) is 0 Å². The zero-order valence-corrected chi connectivity index (χ0v) is 22.9. The molecule has 0 aliphatic carbocycles. The second-order valence-corrected chi connectivity index (χ2v) is 10.0. The highest BCUT2D eigenvalue weighted by molar-refractivity contribution is 6.07. The van der Waals surface area contributed by atoms with Crippen LogP contribution in [0.15, 0.2) is 36.8 Å². The Labute approximate surface area is 226 Å². The van der Waals surface area contributed by atoms with E-state index in [2.05, 4.69) is 21.3 Å². The summed E-state index contributed by atoms with van der Waals surface area (Å²) in [6.07, 6.45) is 4.61. The first kappa shape index (κ1) is 29.0. The molecule has 0 atom stereocenters. The number of carbonyl (C=O) groups excluding carboxylic acids is 4. The van der Waals surface area contributed by atoms with Gasteiger partial charge in [0.1, 0.15) is 22.7 Å². The number of aliphatic hydroxyl groups is 1. The molecule has 13 heteroatoms. The summed E-state index contributed by atoms with van der Waals surface area (Å²) < 4.78 is 9.95. The summed E-state index contributed by atoms with van der Waals surface area (Å²) in [4.78, 5) is 50.2. The first-order chi connectivity index (χ1) is 18.3. The third-order valence-corrected chi connectivity index (χ3v) is 5.49. The van der Waals surface area contributed by atoms with Crippen molar-refractivity contribution >= 4 is 40.9 Å². The van der Waals surface area contributed by atoms with Crippen LogP contribution in [0.3, 0.4) is 0 Å². The van der Waals surface area contributed by atoms with E-state index in [4.69, 9.17) is 9.84 Å². The molecule has 0 unspecified atom stereocenters. The number of aryl methyl sites for hydroxylation is 3. The van der Waals surface area contributed by atoms with Crippen molar-refractivity contribution in [3.63, 3.8) is 0 Å². The smallest absolute Gasteiger partial charge is 0.412 e. The van der Waals surface area contributed by atoms with Gasteiger partial charge in [0.15, 0.2) is 0 Å². The molecule has 3 rings (SSSR count). The van der Waals surface area contributed by atoms with Crippen LogP contribution in [0.5, 0.6) is 0 Å². The number of nitrogens with zero attached hydrogens (tertiary/aromatic N) is 3. The molecular weight excluding hydrogens is 506 g/mol. The van der Waals surface area contributed by atoms with Crippen molar-refractivity contribution in [3.05, 3.63) is 53.9 Å². The van der Waals surface area contributed by atoms with Crippen LogP contribution in [-0.2, 0) is 25.9 Å². The number of aromatic nitrogens is 3. The van der Waals surface area contributed by atoms with E-state index in [-0.39, 0.29) is 23.9 Å². The van der Waals surface area contributed by atoms with Crippen LogP contribution in [0.25, 0.3) is 0 Å².